The topological polar surface area (TPSA) is 77.1 Å². The Labute approximate surface area is 230 Å². The molecule has 0 saturated carbocycles. The summed E-state index contributed by atoms with van der Waals surface area (Å²) in [7, 11) is -1.57. The van der Waals surface area contributed by atoms with Gasteiger partial charge in [-0.05, 0) is 29.8 Å². The SMILES string of the molecule is CN(C[C@H]1CN(C(=O)N2CCN(S(C)(=O)=O)CC2)C[C@@H]1c1ccc(Cl)c(Cl)c1)c1ccc(C(F)(F)F)cn1. The Bertz CT molecular complexity index is 1270. The van der Waals surface area contributed by atoms with Crippen molar-refractivity contribution in [3.05, 3.63) is 57.7 Å². The van der Waals surface area contributed by atoms with Crippen molar-refractivity contribution in [2.75, 3.05) is 64.0 Å². The van der Waals surface area contributed by atoms with Gasteiger partial charge in [0.25, 0.3) is 0 Å². The molecule has 2 aliphatic rings. The second kappa shape index (κ2) is 11.1. The van der Waals surface area contributed by atoms with Gasteiger partial charge in [-0.25, -0.2) is 18.2 Å². The molecule has 0 N–H and O–H groups in total. The number of anilines is 1. The largest absolute Gasteiger partial charge is 0.417 e. The third-order valence-corrected chi connectivity index (χ3v) is 9.08. The maximum absolute atomic E-state index is 13.4. The van der Waals surface area contributed by atoms with Gasteiger partial charge in [0.1, 0.15) is 5.82 Å². The lowest BCUT2D eigenvalue weighted by Gasteiger charge is -2.35. The molecule has 2 fully saturated rings. The predicted octanol–water partition coefficient (Wildman–Crippen LogP) is 4.26. The number of likely N-dealkylation sites (tertiary alicyclic amines) is 1. The fraction of sp³-hybridized carbons (Fsp3) is 0.500. The number of urea groups is 1. The number of carbonyl (C=O) groups excluding carboxylic acids is 1. The zero-order chi connectivity index (χ0) is 27.8. The van der Waals surface area contributed by atoms with Crippen LogP contribution in [0.2, 0.25) is 10.0 Å². The smallest absolute Gasteiger partial charge is 0.359 e. The van der Waals surface area contributed by atoms with Gasteiger partial charge < -0.3 is 14.7 Å². The van der Waals surface area contributed by atoms with Crippen molar-refractivity contribution in [2.45, 2.75) is 12.1 Å². The van der Waals surface area contributed by atoms with Crippen LogP contribution in [0.3, 0.4) is 0 Å². The lowest BCUT2D eigenvalue weighted by molar-refractivity contribution is -0.137. The summed E-state index contributed by atoms with van der Waals surface area (Å²) in [6.07, 6.45) is -2.51. The Morgan fingerprint density at radius 1 is 1.05 bits per heavy atom. The molecule has 4 rings (SSSR count). The summed E-state index contributed by atoms with van der Waals surface area (Å²) >= 11 is 12.4. The van der Waals surface area contributed by atoms with Gasteiger partial charge in [0.05, 0.1) is 21.9 Å². The molecule has 2 aliphatic heterocycles. The first kappa shape index (κ1) is 28.7. The fourth-order valence-electron chi connectivity index (χ4n) is 4.97. The maximum atomic E-state index is 13.4. The zero-order valence-corrected chi connectivity index (χ0v) is 23.2. The van der Waals surface area contributed by atoms with Crippen LogP contribution in [0.1, 0.15) is 17.0 Å². The van der Waals surface area contributed by atoms with Crippen LogP contribution < -0.4 is 4.90 Å². The number of halogens is 5. The third kappa shape index (κ3) is 6.47. The molecule has 1 aromatic carbocycles. The molecule has 14 heteroatoms. The van der Waals surface area contributed by atoms with E-state index in [2.05, 4.69) is 4.98 Å². The van der Waals surface area contributed by atoms with Crippen LogP contribution in [0, 0.1) is 5.92 Å². The van der Waals surface area contributed by atoms with Gasteiger partial charge in [0, 0.05) is 70.9 Å². The van der Waals surface area contributed by atoms with Gasteiger partial charge in [0.15, 0.2) is 0 Å². The highest BCUT2D eigenvalue weighted by molar-refractivity contribution is 7.88. The Balaban J connectivity index is 1.51. The predicted molar refractivity (Wildman–Crippen MR) is 140 cm³/mol. The highest BCUT2D eigenvalue weighted by Gasteiger charge is 2.39. The quantitative estimate of drug-likeness (QED) is 0.518. The second-order valence-corrected chi connectivity index (χ2v) is 12.5. The lowest BCUT2D eigenvalue weighted by atomic mass is 9.88. The van der Waals surface area contributed by atoms with Crippen molar-refractivity contribution in [2.24, 2.45) is 5.92 Å². The van der Waals surface area contributed by atoms with E-state index in [4.69, 9.17) is 23.2 Å². The molecule has 2 aromatic rings. The fourth-order valence-corrected chi connectivity index (χ4v) is 6.10. The van der Waals surface area contributed by atoms with Crippen LogP contribution in [0.25, 0.3) is 0 Å². The molecule has 8 nitrogen and oxygen atoms in total. The Morgan fingerprint density at radius 2 is 1.74 bits per heavy atom. The molecule has 2 amide bonds. The number of carbonyl (C=O) groups is 1. The third-order valence-electron chi connectivity index (χ3n) is 7.04. The second-order valence-electron chi connectivity index (χ2n) is 9.66. The van der Waals surface area contributed by atoms with Gasteiger partial charge in [-0.3, -0.25) is 0 Å². The molecule has 2 saturated heterocycles. The molecule has 0 radical (unpaired) electrons. The zero-order valence-electron chi connectivity index (χ0n) is 20.8. The Hall–Kier alpha value is -2.28. The van der Waals surface area contributed by atoms with Crippen molar-refractivity contribution in [3.63, 3.8) is 0 Å². The minimum Gasteiger partial charge on any atom is -0.359 e. The van der Waals surface area contributed by atoms with Crippen LogP contribution in [0.4, 0.5) is 23.8 Å². The molecular weight excluding hydrogens is 566 g/mol. The number of sulfonamides is 1. The summed E-state index contributed by atoms with van der Waals surface area (Å²) < 4.78 is 63.9. The number of rotatable bonds is 5. The monoisotopic (exact) mass is 593 g/mol. The van der Waals surface area contributed by atoms with E-state index in [0.29, 0.717) is 48.6 Å². The van der Waals surface area contributed by atoms with Gasteiger partial charge in [0.2, 0.25) is 10.0 Å². The number of pyridine rings is 1. The van der Waals surface area contributed by atoms with Crippen LogP contribution in [-0.2, 0) is 16.2 Å². The minimum atomic E-state index is -4.47. The highest BCUT2D eigenvalue weighted by atomic mass is 35.5. The molecule has 0 spiro atoms. The molecular formula is C24H28Cl2F3N5O3S. The van der Waals surface area contributed by atoms with Crippen LogP contribution in [0.5, 0.6) is 0 Å². The summed E-state index contributed by atoms with van der Waals surface area (Å²) in [5, 5.41) is 0.801. The number of alkyl halides is 3. The average Bonchev–Trinajstić information content (AvgIpc) is 3.28. The number of hydrogen-bond acceptors (Lipinski definition) is 5. The number of benzene rings is 1. The van der Waals surface area contributed by atoms with Crippen molar-refractivity contribution in [3.8, 4) is 0 Å². The van der Waals surface area contributed by atoms with E-state index < -0.39 is 21.8 Å². The average molecular weight is 594 g/mol. The normalized spacial score (nSPS) is 21.1. The van der Waals surface area contributed by atoms with Gasteiger partial charge in [-0.2, -0.15) is 17.5 Å². The molecule has 0 bridgehead atoms. The van der Waals surface area contributed by atoms with Crippen molar-refractivity contribution >= 4 is 45.1 Å². The Morgan fingerprint density at radius 3 is 2.29 bits per heavy atom. The summed E-state index contributed by atoms with van der Waals surface area (Å²) in [5.41, 5.74) is 0.0762. The Kier molecular flexibility index (Phi) is 8.37. The molecule has 0 aliphatic carbocycles. The standard InChI is InChI=1S/C24H28Cl2F3N5O3S/c1-31(22-6-4-18(12-30-22)24(27,28)29)13-17-14-33(15-19(17)16-3-5-20(25)21(26)11-16)23(35)32-7-9-34(10-8-32)38(2,36)37/h3-6,11-12,17,19H,7-10,13-15H2,1-2H3/t17-,19+/m0/s1. The van der Waals surface area contributed by atoms with Crippen molar-refractivity contribution in [1.29, 1.82) is 0 Å². The summed E-state index contributed by atoms with van der Waals surface area (Å²) in [4.78, 5) is 22.5. The van der Waals surface area contributed by atoms with E-state index in [9.17, 15) is 26.4 Å². The van der Waals surface area contributed by atoms with E-state index in [-0.39, 0.29) is 31.0 Å². The van der Waals surface area contributed by atoms with E-state index in [1.54, 1.807) is 33.9 Å². The molecule has 3 heterocycles. The summed E-state index contributed by atoms with van der Waals surface area (Å²) in [6.45, 7) is 2.29. The number of amides is 2. The molecule has 2 atom stereocenters. The molecule has 0 unspecified atom stereocenters. The van der Waals surface area contributed by atoms with Crippen molar-refractivity contribution < 1.29 is 26.4 Å². The van der Waals surface area contributed by atoms with E-state index >= 15 is 0 Å². The first-order valence-electron chi connectivity index (χ1n) is 11.9. The van der Waals surface area contributed by atoms with Gasteiger partial charge in [-0.15, -0.1) is 0 Å². The van der Waals surface area contributed by atoms with Gasteiger partial charge in [-0.1, -0.05) is 29.3 Å². The van der Waals surface area contributed by atoms with E-state index in [1.165, 1.54) is 10.4 Å². The number of piperazine rings is 1. The molecule has 38 heavy (non-hydrogen) atoms. The van der Waals surface area contributed by atoms with E-state index in [1.807, 2.05) is 6.07 Å². The summed E-state index contributed by atoms with van der Waals surface area (Å²) in [5.74, 6) is 0.193. The van der Waals surface area contributed by atoms with E-state index in [0.717, 1.165) is 24.1 Å². The summed E-state index contributed by atoms with van der Waals surface area (Å²) in [6, 6.07) is 7.48. The lowest BCUT2D eigenvalue weighted by Crippen LogP contribution is -2.53. The van der Waals surface area contributed by atoms with Crippen molar-refractivity contribution in [1.82, 2.24) is 19.1 Å². The number of hydrogen-bond donors (Lipinski definition) is 0. The number of nitrogens with zero attached hydrogens (tertiary/aromatic N) is 5. The molecule has 1 aromatic heterocycles. The van der Waals surface area contributed by atoms with Crippen LogP contribution >= 0.6 is 23.2 Å². The van der Waals surface area contributed by atoms with Crippen LogP contribution in [-0.4, -0.2) is 92.7 Å². The maximum Gasteiger partial charge on any atom is 0.417 e. The first-order valence-corrected chi connectivity index (χ1v) is 14.5. The highest BCUT2D eigenvalue weighted by Crippen LogP contribution is 2.37. The molecule has 208 valence electrons. The van der Waals surface area contributed by atoms with Crippen LogP contribution in [0.15, 0.2) is 36.5 Å². The van der Waals surface area contributed by atoms with Gasteiger partial charge >= 0.3 is 12.2 Å². The minimum absolute atomic E-state index is 0.0809. The number of aromatic nitrogens is 1. The first-order chi connectivity index (χ1) is 17.7.